The number of fused-ring (bicyclic) bond motifs is 1. The number of aromatic hydroxyl groups is 1. The fraction of sp³-hybridized carbons (Fsp3) is 0.409. The number of aryl methyl sites for hydroxylation is 1. The summed E-state index contributed by atoms with van der Waals surface area (Å²) >= 11 is 0. The Morgan fingerprint density at radius 3 is 3.06 bits per heavy atom. The highest BCUT2D eigenvalue weighted by Gasteiger charge is 2.25. The van der Waals surface area contributed by atoms with Gasteiger partial charge in [0.15, 0.2) is 5.82 Å². The largest absolute Gasteiger partial charge is 0.506 e. The molecule has 0 bridgehead atoms. The minimum absolute atomic E-state index is 0.118. The number of hydrogen-bond donors (Lipinski definition) is 2. The quantitative estimate of drug-likeness (QED) is 0.385. The van der Waals surface area contributed by atoms with Gasteiger partial charge in [0.25, 0.3) is 0 Å². The van der Waals surface area contributed by atoms with Crippen LogP contribution in [0.4, 0.5) is 0 Å². The normalized spacial score (nSPS) is 17.2. The number of benzene rings is 1. The van der Waals surface area contributed by atoms with Crippen molar-refractivity contribution in [1.29, 1.82) is 0 Å². The number of nitrogens with one attached hydrogen (secondary N) is 1. The fourth-order valence-corrected chi connectivity index (χ4v) is 4.09. The summed E-state index contributed by atoms with van der Waals surface area (Å²) in [5.41, 5.74) is 1.32. The molecule has 1 aromatic carbocycles. The zero-order chi connectivity index (χ0) is 21.8. The van der Waals surface area contributed by atoms with E-state index in [0.29, 0.717) is 17.9 Å². The lowest BCUT2D eigenvalue weighted by molar-refractivity contribution is 0.0923. The van der Waals surface area contributed by atoms with Crippen molar-refractivity contribution < 1.29 is 9.84 Å². The van der Waals surface area contributed by atoms with Crippen LogP contribution in [-0.4, -0.2) is 59.1 Å². The zero-order valence-electron chi connectivity index (χ0n) is 17.7. The predicted octanol–water partition coefficient (Wildman–Crippen LogP) is 2.07. The van der Waals surface area contributed by atoms with Crippen molar-refractivity contribution in [1.82, 2.24) is 40.1 Å². The highest BCUT2D eigenvalue weighted by Crippen LogP contribution is 2.26. The predicted molar refractivity (Wildman–Crippen MR) is 117 cm³/mol. The Morgan fingerprint density at radius 2 is 2.22 bits per heavy atom. The molecule has 32 heavy (non-hydrogen) atoms. The van der Waals surface area contributed by atoms with E-state index in [1.807, 2.05) is 41.4 Å². The summed E-state index contributed by atoms with van der Waals surface area (Å²) in [4.78, 5) is 8.85. The Hall–Kier alpha value is -3.37. The molecule has 2 unspecified atom stereocenters. The molecule has 4 heterocycles. The van der Waals surface area contributed by atoms with Crippen LogP contribution in [-0.2, 0) is 17.8 Å². The molecule has 1 aliphatic rings. The Morgan fingerprint density at radius 1 is 1.25 bits per heavy atom. The van der Waals surface area contributed by atoms with Crippen molar-refractivity contribution in [2.24, 2.45) is 0 Å². The van der Waals surface area contributed by atoms with Crippen LogP contribution in [0.15, 0.2) is 49.1 Å². The van der Waals surface area contributed by atoms with Crippen molar-refractivity contribution in [3.8, 4) is 5.75 Å². The van der Waals surface area contributed by atoms with Gasteiger partial charge in [-0.3, -0.25) is 0 Å². The molecule has 0 spiro atoms. The topological polar surface area (TPSA) is 116 Å². The molecule has 166 valence electrons. The lowest BCUT2D eigenvalue weighted by Gasteiger charge is -2.19. The van der Waals surface area contributed by atoms with Gasteiger partial charge in [0.2, 0.25) is 0 Å². The molecule has 1 aliphatic heterocycles. The van der Waals surface area contributed by atoms with E-state index in [2.05, 4.69) is 25.8 Å². The van der Waals surface area contributed by atoms with E-state index < -0.39 is 0 Å². The molecule has 4 aromatic rings. The van der Waals surface area contributed by atoms with E-state index in [9.17, 15) is 5.11 Å². The van der Waals surface area contributed by atoms with Crippen molar-refractivity contribution in [3.05, 3.63) is 60.6 Å². The maximum Gasteiger partial charge on any atom is 0.174 e. The standard InChI is InChI=1S/C22H26N8O2/c31-19-6-1-4-16-7-8-18(25-20(16)19)21(24-9-3-11-29-12-10-23-15-29)22-26-27-28-30(22)14-17-5-2-13-32-17/h1,4,6-8,10,12,15,17,21,24,31H,2-3,5,9,11,13-14H2. The third-order valence-electron chi connectivity index (χ3n) is 5.74. The molecule has 0 saturated carbocycles. The Bertz CT molecular complexity index is 1150. The van der Waals surface area contributed by atoms with Gasteiger partial charge in [0, 0.05) is 30.9 Å². The molecule has 1 fully saturated rings. The number of phenols is 1. The number of imidazole rings is 1. The number of pyridine rings is 1. The van der Waals surface area contributed by atoms with Crippen LogP contribution in [0.5, 0.6) is 5.75 Å². The molecule has 0 radical (unpaired) electrons. The molecule has 10 nitrogen and oxygen atoms in total. The van der Waals surface area contributed by atoms with Crippen molar-refractivity contribution in [2.45, 2.75) is 44.5 Å². The third kappa shape index (κ3) is 4.46. The van der Waals surface area contributed by atoms with Crippen molar-refractivity contribution in [2.75, 3.05) is 13.2 Å². The first-order valence-corrected chi connectivity index (χ1v) is 10.9. The van der Waals surface area contributed by atoms with Crippen LogP contribution >= 0.6 is 0 Å². The minimum Gasteiger partial charge on any atom is -0.506 e. The Balaban J connectivity index is 1.41. The van der Waals surface area contributed by atoms with Gasteiger partial charge in [-0.1, -0.05) is 18.2 Å². The second kappa shape index (κ2) is 9.41. The number of tetrazole rings is 1. The SMILES string of the molecule is Oc1cccc2ccc(C(NCCCn3ccnc3)c3nnnn3CC3CCCO3)nc12. The second-order valence-corrected chi connectivity index (χ2v) is 7.98. The average Bonchev–Trinajstić information content (AvgIpc) is 3.58. The first-order valence-electron chi connectivity index (χ1n) is 10.9. The smallest absolute Gasteiger partial charge is 0.174 e. The van der Waals surface area contributed by atoms with E-state index in [0.717, 1.165) is 50.0 Å². The van der Waals surface area contributed by atoms with Crippen LogP contribution in [0.3, 0.4) is 0 Å². The van der Waals surface area contributed by atoms with Gasteiger partial charge in [0.1, 0.15) is 17.3 Å². The van der Waals surface area contributed by atoms with Gasteiger partial charge in [-0.25, -0.2) is 14.6 Å². The van der Waals surface area contributed by atoms with Crippen molar-refractivity contribution >= 4 is 10.9 Å². The summed E-state index contributed by atoms with van der Waals surface area (Å²) in [6, 6.07) is 8.99. The summed E-state index contributed by atoms with van der Waals surface area (Å²) in [5.74, 6) is 0.840. The van der Waals surface area contributed by atoms with Gasteiger partial charge < -0.3 is 19.7 Å². The molecule has 0 amide bonds. The third-order valence-corrected chi connectivity index (χ3v) is 5.74. The minimum atomic E-state index is -0.321. The molecular formula is C22H26N8O2. The number of nitrogens with zero attached hydrogens (tertiary/aromatic N) is 7. The molecule has 2 N–H and O–H groups in total. The van der Waals surface area contributed by atoms with E-state index in [-0.39, 0.29) is 17.9 Å². The van der Waals surface area contributed by atoms with Crippen LogP contribution < -0.4 is 5.32 Å². The Kier molecular flexibility index (Phi) is 6.04. The van der Waals surface area contributed by atoms with E-state index in [1.54, 1.807) is 16.9 Å². The molecule has 5 rings (SSSR count). The first kappa shape index (κ1) is 20.5. The molecular weight excluding hydrogens is 408 g/mol. The van der Waals surface area contributed by atoms with Gasteiger partial charge >= 0.3 is 0 Å². The second-order valence-electron chi connectivity index (χ2n) is 7.98. The first-order chi connectivity index (χ1) is 15.8. The molecule has 3 aromatic heterocycles. The number of phenolic OH excluding ortho intramolecular Hbond substituents is 1. The summed E-state index contributed by atoms with van der Waals surface area (Å²) in [6.07, 6.45) is 8.63. The van der Waals surface area contributed by atoms with Gasteiger partial charge in [-0.15, -0.1) is 5.10 Å². The number of hydrogen-bond acceptors (Lipinski definition) is 8. The molecule has 2 atom stereocenters. The fourth-order valence-electron chi connectivity index (χ4n) is 4.09. The lowest BCUT2D eigenvalue weighted by atomic mass is 10.1. The average molecular weight is 435 g/mol. The lowest BCUT2D eigenvalue weighted by Crippen LogP contribution is -2.29. The van der Waals surface area contributed by atoms with Gasteiger partial charge in [-0.2, -0.15) is 0 Å². The van der Waals surface area contributed by atoms with Crippen LogP contribution in [0.1, 0.15) is 36.8 Å². The highest BCUT2D eigenvalue weighted by atomic mass is 16.5. The van der Waals surface area contributed by atoms with Crippen LogP contribution in [0, 0.1) is 0 Å². The summed E-state index contributed by atoms with van der Waals surface area (Å²) in [5, 5.41) is 27.3. The summed E-state index contributed by atoms with van der Waals surface area (Å²) < 4.78 is 9.64. The number of para-hydroxylation sites is 1. The zero-order valence-corrected chi connectivity index (χ0v) is 17.7. The maximum atomic E-state index is 10.3. The molecule has 1 saturated heterocycles. The maximum absolute atomic E-state index is 10.3. The van der Waals surface area contributed by atoms with E-state index in [1.165, 1.54) is 0 Å². The van der Waals surface area contributed by atoms with Crippen molar-refractivity contribution in [3.63, 3.8) is 0 Å². The van der Waals surface area contributed by atoms with E-state index in [4.69, 9.17) is 9.72 Å². The Labute approximate surface area is 185 Å². The highest BCUT2D eigenvalue weighted by molar-refractivity contribution is 5.84. The number of aromatic nitrogens is 7. The van der Waals surface area contributed by atoms with Gasteiger partial charge in [0.05, 0.1) is 24.7 Å². The van der Waals surface area contributed by atoms with Gasteiger partial charge in [-0.05, 0) is 48.4 Å². The van der Waals surface area contributed by atoms with E-state index >= 15 is 0 Å². The van der Waals surface area contributed by atoms with Crippen LogP contribution in [0.25, 0.3) is 10.9 Å². The molecule has 10 heteroatoms. The summed E-state index contributed by atoms with van der Waals surface area (Å²) in [7, 11) is 0. The number of ether oxygens (including phenoxy) is 1. The molecule has 0 aliphatic carbocycles. The summed E-state index contributed by atoms with van der Waals surface area (Å²) in [6.45, 7) is 2.97. The number of rotatable bonds is 9. The van der Waals surface area contributed by atoms with Crippen LogP contribution in [0.2, 0.25) is 0 Å². The monoisotopic (exact) mass is 434 g/mol.